The number of halogens is 1. The minimum atomic E-state index is -0.495. The molecule has 0 unspecified atom stereocenters. The maximum Gasteiger partial charge on any atom is 0.213 e. The van der Waals surface area contributed by atoms with Gasteiger partial charge >= 0.3 is 0 Å². The number of aromatic nitrogens is 1. The van der Waals surface area contributed by atoms with Crippen molar-refractivity contribution in [3.05, 3.63) is 29.8 Å². The predicted molar refractivity (Wildman–Crippen MR) is 33.7 cm³/mol. The lowest BCUT2D eigenvalue weighted by Gasteiger charge is -1.95. The van der Waals surface area contributed by atoms with Crippen LogP contribution < -0.4 is 0 Å². The molecule has 0 amide bonds. The summed E-state index contributed by atoms with van der Waals surface area (Å²) in [5, 5.41) is 0. The van der Waals surface area contributed by atoms with Gasteiger partial charge in [-0.3, -0.25) is 0 Å². The van der Waals surface area contributed by atoms with Gasteiger partial charge in [0.2, 0.25) is 5.95 Å². The topological polar surface area (TPSA) is 22.1 Å². The van der Waals surface area contributed by atoms with E-state index in [1.54, 1.807) is 7.11 Å². The van der Waals surface area contributed by atoms with Crippen molar-refractivity contribution in [2.75, 3.05) is 7.11 Å². The molecule has 0 fully saturated rings. The van der Waals surface area contributed by atoms with Crippen LogP contribution in [-0.2, 0) is 11.3 Å². The second kappa shape index (κ2) is 3.27. The summed E-state index contributed by atoms with van der Waals surface area (Å²) in [7, 11) is 1.55. The van der Waals surface area contributed by atoms with E-state index in [1.165, 1.54) is 12.3 Å². The van der Waals surface area contributed by atoms with Gasteiger partial charge in [0.05, 0.1) is 6.61 Å². The summed E-state index contributed by atoms with van der Waals surface area (Å²) < 4.78 is 17.1. The Labute approximate surface area is 58.7 Å². The van der Waals surface area contributed by atoms with E-state index in [2.05, 4.69) is 11.1 Å². The lowest BCUT2D eigenvalue weighted by Crippen LogP contribution is -1.90. The van der Waals surface area contributed by atoms with Gasteiger partial charge < -0.3 is 4.74 Å². The van der Waals surface area contributed by atoms with Crippen molar-refractivity contribution in [1.29, 1.82) is 0 Å². The Morgan fingerprint density at radius 2 is 2.60 bits per heavy atom. The van der Waals surface area contributed by atoms with Crippen LogP contribution in [0.25, 0.3) is 0 Å². The zero-order chi connectivity index (χ0) is 7.40. The highest BCUT2D eigenvalue weighted by Gasteiger charge is 1.93. The maximum atomic E-state index is 12.3. The van der Waals surface area contributed by atoms with Gasteiger partial charge in [0.1, 0.15) is 0 Å². The molecule has 2 nitrogen and oxygen atoms in total. The third kappa shape index (κ3) is 1.77. The van der Waals surface area contributed by atoms with Crippen molar-refractivity contribution in [2.24, 2.45) is 0 Å². The van der Waals surface area contributed by atoms with E-state index in [9.17, 15) is 4.39 Å². The molecule has 0 saturated heterocycles. The molecule has 0 aliphatic carbocycles. The van der Waals surface area contributed by atoms with E-state index in [-0.39, 0.29) is 0 Å². The van der Waals surface area contributed by atoms with Crippen molar-refractivity contribution < 1.29 is 9.13 Å². The molecule has 1 heterocycles. The van der Waals surface area contributed by atoms with E-state index in [1.807, 2.05) is 0 Å². The van der Waals surface area contributed by atoms with Crippen molar-refractivity contribution >= 4 is 0 Å². The molecular weight excluding hydrogens is 133 g/mol. The van der Waals surface area contributed by atoms with Gasteiger partial charge in [0.25, 0.3) is 0 Å². The molecule has 1 radical (unpaired) electrons. The summed E-state index contributed by atoms with van der Waals surface area (Å²) in [5.41, 5.74) is 0.676. The number of rotatable bonds is 2. The predicted octanol–water partition coefficient (Wildman–Crippen LogP) is 1.17. The summed E-state index contributed by atoms with van der Waals surface area (Å²) in [6, 6.07) is 4.03. The number of methoxy groups -OCH3 is 1. The molecular formula is C7H7FNO. The van der Waals surface area contributed by atoms with Gasteiger partial charge in [0, 0.05) is 19.4 Å². The second-order valence-electron chi connectivity index (χ2n) is 1.83. The summed E-state index contributed by atoms with van der Waals surface area (Å²) in [6.45, 7) is 0.374. The Balaban J connectivity index is 2.75. The van der Waals surface area contributed by atoms with Gasteiger partial charge in [-0.15, -0.1) is 0 Å². The molecule has 0 saturated carbocycles. The Kier molecular flexibility index (Phi) is 2.34. The average molecular weight is 140 g/mol. The van der Waals surface area contributed by atoms with Crippen LogP contribution in [0.5, 0.6) is 0 Å². The number of hydrogen-bond donors (Lipinski definition) is 0. The first-order valence-corrected chi connectivity index (χ1v) is 2.84. The van der Waals surface area contributed by atoms with Crippen molar-refractivity contribution in [2.45, 2.75) is 6.61 Å². The van der Waals surface area contributed by atoms with E-state index >= 15 is 0 Å². The quantitative estimate of drug-likeness (QED) is 0.575. The van der Waals surface area contributed by atoms with Gasteiger partial charge in [-0.1, -0.05) is 0 Å². The molecule has 0 aliphatic rings. The molecule has 1 aromatic rings. The normalized spacial score (nSPS) is 9.80. The zero-order valence-corrected chi connectivity index (χ0v) is 5.60. The summed E-state index contributed by atoms with van der Waals surface area (Å²) >= 11 is 0. The van der Waals surface area contributed by atoms with Crippen molar-refractivity contribution in [3.8, 4) is 0 Å². The van der Waals surface area contributed by atoms with Gasteiger partial charge in [-0.2, -0.15) is 4.39 Å². The van der Waals surface area contributed by atoms with Crippen LogP contribution in [-0.4, -0.2) is 12.1 Å². The lowest BCUT2D eigenvalue weighted by molar-refractivity contribution is 0.184. The van der Waals surface area contributed by atoms with Gasteiger partial charge in [0.15, 0.2) is 0 Å². The minimum Gasteiger partial charge on any atom is -0.380 e. The van der Waals surface area contributed by atoms with E-state index in [4.69, 9.17) is 4.74 Å². The largest absolute Gasteiger partial charge is 0.380 e. The van der Waals surface area contributed by atoms with Crippen LogP contribution in [0.15, 0.2) is 12.3 Å². The second-order valence-corrected chi connectivity index (χ2v) is 1.83. The monoisotopic (exact) mass is 140 g/mol. The summed E-state index contributed by atoms with van der Waals surface area (Å²) in [6.07, 6.45) is 1.30. The molecule has 10 heavy (non-hydrogen) atoms. The SMILES string of the molecule is COCc1[c]cnc(F)c1. The number of nitrogens with zero attached hydrogens (tertiary/aromatic N) is 1. The summed E-state index contributed by atoms with van der Waals surface area (Å²) in [4.78, 5) is 3.34. The molecule has 1 aromatic heterocycles. The lowest BCUT2D eigenvalue weighted by atomic mass is 10.3. The molecule has 3 heteroatoms. The summed E-state index contributed by atoms with van der Waals surface area (Å²) in [5.74, 6) is -0.495. The molecule has 1 rings (SSSR count). The first-order valence-electron chi connectivity index (χ1n) is 2.84. The van der Waals surface area contributed by atoms with Crippen LogP contribution in [0.2, 0.25) is 0 Å². The minimum absolute atomic E-state index is 0.374. The highest BCUT2D eigenvalue weighted by molar-refractivity contribution is 5.07. The highest BCUT2D eigenvalue weighted by Crippen LogP contribution is 1.99. The molecule has 0 atom stereocenters. The first-order chi connectivity index (χ1) is 4.83. The molecule has 0 aliphatic heterocycles. The number of hydrogen-bond acceptors (Lipinski definition) is 2. The third-order valence-corrected chi connectivity index (χ3v) is 1.03. The van der Waals surface area contributed by atoms with Crippen LogP contribution in [0.4, 0.5) is 4.39 Å². The molecule has 0 bridgehead atoms. The Morgan fingerprint density at radius 3 is 3.20 bits per heavy atom. The Bertz CT molecular complexity index is 215. The Morgan fingerprint density at radius 1 is 1.80 bits per heavy atom. The fourth-order valence-electron chi connectivity index (χ4n) is 0.638. The van der Waals surface area contributed by atoms with Crippen molar-refractivity contribution in [1.82, 2.24) is 4.98 Å². The van der Waals surface area contributed by atoms with Crippen LogP contribution in [0.3, 0.4) is 0 Å². The zero-order valence-electron chi connectivity index (χ0n) is 5.60. The van der Waals surface area contributed by atoms with Crippen LogP contribution in [0.1, 0.15) is 5.56 Å². The molecule has 53 valence electrons. The number of pyridine rings is 1. The van der Waals surface area contributed by atoms with E-state index < -0.39 is 5.95 Å². The first kappa shape index (κ1) is 7.15. The van der Waals surface area contributed by atoms with E-state index in [0.29, 0.717) is 12.2 Å². The van der Waals surface area contributed by atoms with E-state index in [0.717, 1.165) is 0 Å². The van der Waals surface area contributed by atoms with Gasteiger partial charge in [-0.25, -0.2) is 4.98 Å². The average Bonchev–Trinajstić information content (AvgIpc) is 1.88. The smallest absolute Gasteiger partial charge is 0.213 e. The molecule has 0 spiro atoms. The number of ether oxygens (including phenoxy) is 1. The fourth-order valence-corrected chi connectivity index (χ4v) is 0.638. The third-order valence-electron chi connectivity index (χ3n) is 1.03. The molecule has 0 N–H and O–H groups in total. The van der Waals surface area contributed by atoms with Crippen LogP contribution in [0, 0.1) is 12.0 Å². The van der Waals surface area contributed by atoms with Gasteiger partial charge in [-0.05, 0) is 11.6 Å². The standard InChI is InChI=1S/C7H7FNO/c1-10-5-6-2-3-9-7(8)4-6/h3-4H,5H2,1H3. The molecule has 0 aromatic carbocycles. The Hall–Kier alpha value is -0.960. The van der Waals surface area contributed by atoms with Crippen LogP contribution >= 0.6 is 0 Å². The fraction of sp³-hybridized carbons (Fsp3) is 0.286. The maximum absolute atomic E-state index is 12.3. The van der Waals surface area contributed by atoms with Crippen molar-refractivity contribution in [3.63, 3.8) is 0 Å². The highest BCUT2D eigenvalue weighted by atomic mass is 19.1.